The van der Waals surface area contributed by atoms with Crippen molar-refractivity contribution in [2.45, 2.75) is 25.3 Å². The Morgan fingerprint density at radius 2 is 2.11 bits per heavy atom. The van der Waals surface area contributed by atoms with Gasteiger partial charge in [-0.15, -0.1) is 0 Å². The Kier molecular flexibility index (Phi) is 3.87. The van der Waals surface area contributed by atoms with E-state index in [0.29, 0.717) is 15.1 Å². The minimum absolute atomic E-state index is 0.0000238. The highest BCUT2D eigenvalue weighted by molar-refractivity contribution is 9.10. The number of carbonyl (C=O) groups is 2. The molecule has 6 heteroatoms. The van der Waals surface area contributed by atoms with Crippen molar-refractivity contribution in [1.29, 1.82) is 0 Å². The Hall–Kier alpha value is -1.07. The second kappa shape index (κ2) is 5.13. The summed E-state index contributed by atoms with van der Waals surface area (Å²) in [6.07, 6.45) is 1.65. The largest absolute Gasteiger partial charge is 0.480 e. The summed E-state index contributed by atoms with van der Waals surface area (Å²) in [6, 6.07) is 4.76. The van der Waals surface area contributed by atoms with Gasteiger partial charge in [0.25, 0.3) is 5.91 Å². The zero-order valence-corrected chi connectivity index (χ0v) is 12.6. The van der Waals surface area contributed by atoms with E-state index >= 15 is 0 Å². The maximum Gasteiger partial charge on any atom is 0.329 e. The molecule has 0 bridgehead atoms. The number of carboxylic acids is 1. The summed E-state index contributed by atoms with van der Waals surface area (Å²) in [4.78, 5) is 23.5. The second-order valence-electron chi connectivity index (χ2n) is 4.86. The summed E-state index contributed by atoms with van der Waals surface area (Å²) < 4.78 is 0.543. The quantitative estimate of drug-likeness (QED) is 0.880. The predicted octanol–water partition coefficient (Wildman–Crippen LogP) is 3.09. The maximum absolute atomic E-state index is 12.2. The third-order valence-corrected chi connectivity index (χ3v) is 4.28. The number of carboxylic acid groups (broad SMARTS) is 1. The first-order chi connectivity index (χ1) is 8.84. The molecule has 4 nitrogen and oxygen atoms in total. The van der Waals surface area contributed by atoms with E-state index in [1.54, 1.807) is 25.1 Å². The summed E-state index contributed by atoms with van der Waals surface area (Å²) in [5, 5.41) is 12.4. The van der Waals surface area contributed by atoms with Crippen LogP contribution in [0.5, 0.6) is 0 Å². The van der Waals surface area contributed by atoms with E-state index < -0.39 is 17.4 Å². The van der Waals surface area contributed by atoms with Gasteiger partial charge in [-0.05, 0) is 59.8 Å². The van der Waals surface area contributed by atoms with Gasteiger partial charge in [-0.2, -0.15) is 0 Å². The van der Waals surface area contributed by atoms with Crippen molar-refractivity contribution in [2.75, 3.05) is 0 Å². The molecule has 1 unspecified atom stereocenters. The van der Waals surface area contributed by atoms with Gasteiger partial charge >= 0.3 is 5.97 Å². The molecule has 0 aliphatic heterocycles. The normalized spacial score (nSPS) is 17.6. The molecule has 0 spiro atoms. The molecule has 1 aromatic carbocycles. The Balaban J connectivity index is 2.22. The van der Waals surface area contributed by atoms with Crippen molar-refractivity contribution in [1.82, 2.24) is 5.32 Å². The van der Waals surface area contributed by atoms with Crippen LogP contribution in [0.4, 0.5) is 0 Å². The van der Waals surface area contributed by atoms with Crippen LogP contribution >= 0.6 is 27.5 Å². The van der Waals surface area contributed by atoms with Crippen LogP contribution in [0.25, 0.3) is 0 Å². The van der Waals surface area contributed by atoms with Crippen LogP contribution in [-0.2, 0) is 4.79 Å². The van der Waals surface area contributed by atoms with Gasteiger partial charge in [0.2, 0.25) is 0 Å². The Labute approximate surface area is 124 Å². The van der Waals surface area contributed by atoms with E-state index in [2.05, 4.69) is 21.2 Å². The molecule has 1 aliphatic carbocycles. The number of carbonyl (C=O) groups excluding carboxylic acids is 1. The van der Waals surface area contributed by atoms with E-state index in [1.807, 2.05) is 0 Å². The van der Waals surface area contributed by atoms with Crippen LogP contribution in [0, 0.1) is 5.92 Å². The standard InChI is InChI=1S/C13H13BrClNO3/c1-13(12(18)19,7-2-3-7)16-11(17)9-5-4-8(15)6-10(9)14/h4-7H,2-3H2,1H3,(H,16,17)(H,18,19). The van der Waals surface area contributed by atoms with Gasteiger partial charge in [0.1, 0.15) is 5.54 Å². The first kappa shape index (κ1) is 14.3. The summed E-state index contributed by atoms with van der Waals surface area (Å²) in [5.41, 5.74) is -0.839. The van der Waals surface area contributed by atoms with Gasteiger partial charge in [0, 0.05) is 9.50 Å². The number of nitrogens with one attached hydrogen (secondary N) is 1. The maximum atomic E-state index is 12.2. The summed E-state index contributed by atoms with van der Waals surface area (Å²) in [6.45, 7) is 1.55. The number of amides is 1. The first-order valence-corrected chi connectivity index (χ1v) is 7.02. The van der Waals surface area contributed by atoms with Gasteiger partial charge in [-0.25, -0.2) is 4.79 Å². The SMILES string of the molecule is CC(NC(=O)c1ccc(Cl)cc1Br)(C(=O)O)C1CC1. The zero-order chi connectivity index (χ0) is 14.2. The lowest BCUT2D eigenvalue weighted by Crippen LogP contribution is -2.54. The third kappa shape index (κ3) is 2.92. The lowest BCUT2D eigenvalue weighted by Gasteiger charge is -2.26. The monoisotopic (exact) mass is 345 g/mol. The molecule has 1 aromatic rings. The Morgan fingerprint density at radius 1 is 1.47 bits per heavy atom. The smallest absolute Gasteiger partial charge is 0.329 e. The van der Waals surface area contributed by atoms with Crippen molar-refractivity contribution in [3.8, 4) is 0 Å². The molecule has 19 heavy (non-hydrogen) atoms. The minimum atomic E-state index is -1.21. The lowest BCUT2D eigenvalue weighted by molar-refractivity contribution is -0.144. The van der Waals surface area contributed by atoms with Gasteiger partial charge in [-0.1, -0.05) is 11.6 Å². The molecule has 2 rings (SSSR count). The number of hydrogen-bond acceptors (Lipinski definition) is 2. The van der Waals surface area contributed by atoms with Crippen LogP contribution in [0.3, 0.4) is 0 Å². The van der Waals surface area contributed by atoms with Crippen LogP contribution in [-0.4, -0.2) is 22.5 Å². The van der Waals surface area contributed by atoms with Crippen LogP contribution in [0.15, 0.2) is 22.7 Å². The van der Waals surface area contributed by atoms with Crippen molar-refractivity contribution < 1.29 is 14.7 Å². The molecular formula is C13H13BrClNO3. The fourth-order valence-electron chi connectivity index (χ4n) is 1.97. The van der Waals surface area contributed by atoms with Crippen LogP contribution in [0.1, 0.15) is 30.1 Å². The summed E-state index contributed by atoms with van der Waals surface area (Å²) in [7, 11) is 0. The molecule has 1 saturated carbocycles. The van der Waals surface area contributed by atoms with E-state index in [4.69, 9.17) is 11.6 Å². The fourth-order valence-corrected chi connectivity index (χ4v) is 2.83. The summed E-state index contributed by atoms with van der Waals surface area (Å²) in [5.74, 6) is -1.42. The van der Waals surface area contributed by atoms with Gasteiger partial charge in [0.05, 0.1) is 5.56 Å². The lowest BCUT2D eigenvalue weighted by atomic mass is 9.95. The molecule has 1 amide bonds. The number of hydrogen-bond donors (Lipinski definition) is 2. The van der Waals surface area contributed by atoms with Crippen molar-refractivity contribution in [3.05, 3.63) is 33.3 Å². The Morgan fingerprint density at radius 3 is 2.58 bits per heavy atom. The number of rotatable bonds is 4. The molecular weight excluding hydrogens is 334 g/mol. The molecule has 1 atom stereocenters. The van der Waals surface area contributed by atoms with Crippen LogP contribution in [0.2, 0.25) is 5.02 Å². The molecule has 2 N–H and O–H groups in total. The fraction of sp³-hybridized carbons (Fsp3) is 0.385. The molecule has 1 aliphatic rings. The van der Waals surface area contributed by atoms with Crippen molar-refractivity contribution >= 4 is 39.4 Å². The highest BCUT2D eigenvalue weighted by Gasteiger charge is 2.48. The number of aliphatic carboxylic acids is 1. The van der Waals surface area contributed by atoms with E-state index in [1.165, 1.54) is 0 Å². The van der Waals surface area contributed by atoms with Crippen LogP contribution < -0.4 is 5.32 Å². The first-order valence-electron chi connectivity index (χ1n) is 5.85. The van der Waals surface area contributed by atoms with Gasteiger partial charge in [-0.3, -0.25) is 4.79 Å². The van der Waals surface area contributed by atoms with Gasteiger partial charge < -0.3 is 10.4 Å². The topological polar surface area (TPSA) is 66.4 Å². The highest BCUT2D eigenvalue weighted by atomic mass is 79.9. The molecule has 102 valence electrons. The Bertz CT molecular complexity index is 545. The molecule has 1 fully saturated rings. The van der Waals surface area contributed by atoms with E-state index in [-0.39, 0.29) is 5.92 Å². The number of halogens is 2. The van der Waals surface area contributed by atoms with E-state index in [0.717, 1.165) is 12.8 Å². The zero-order valence-electron chi connectivity index (χ0n) is 10.2. The van der Waals surface area contributed by atoms with Crippen molar-refractivity contribution in [2.24, 2.45) is 5.92 Å². The third-order valence-electron chi connectivity index (χ3n) is 3.39. The van der Waals surface area contributed by atoms with Crippen molar-refractivity contribution in [3.63, 3.8) is 0 Å². The molecule has 0 heterocycles. The highest BCUT2D eigenvalue weighted by Crippen LogP contribution is 2.40. The predicted molar refractivity (Wildman–Crippen MR) is 75.4 cm³/mol. The average Bonchev–Trinajstić information content (AvgIpc) is 3.11. The minimum Gasteiger partial charge on any atom is -0.480 e. The second-order valence-corrected chi connectivity index (χ2v) is 6.15. The average molecular weight is 347 g/mol. The summed E-state index contributed by atoms with van der Waals surface area (Å²) >= 11 is 9.06. The van der Waals surface area contributed by atoms with Gasteiger partial charge in [0.15, 0.2) is 0 Å². The van der Waals surface area contributed by atoms with E-state index in [9.17, 15) is 14.7 Å². The number of benzene rings is 1. The molecule has 0 saturated heterocycles. The molecule has 0 aromatic heterocycles. The molecule has 0 radical (unpaired) electrons.